The van der Waals surface area contributed by atoms with Crippen molar-refractivity contribution >= 4 is 5.91 Å². The minimum Gasteiger partial charge on any atom is -0.350 e. The number of aromatic amines is 1. The molecule has 0 bridgehead atoms. The van der Waals surface area contributed by atoms with Crippen molar-refractivity contribution in [1.29, 1.82) is 0 Å². The highest BCUT2D eigenvalue weighted by molar-refractivity contribution is 5.75. The average molecular weight is 259 g/mol. The zero-order chi connectivity index (χ0) is 13.5. The van der Waals surface area contributed by atoms with Crippen LogP contribution in [0.3, 0.4) is 0 Å². The van der Waals surface area contributed by atoms with Crippen LogP contribution in [0, 0.1) is 6.92 Å². The predicted molar refractivity (Wildman–Crippen MR) is 70.1 cm³/mol. The van der Waals surface area contributed by atoms with Crippen molar-refractivity contribution in [1.82, 2.24) is 25.5 Å². The van der Waals surface area contributed by atoms with E-state index in [1.807, 2.05) is 13.1 Å². The van der Waals surface area contributed by atoms with Crippen LogP contribution < -0.4 is 5.32 Å². The van der Waals surface area contributed by atoms with Crippen LogP contribution in [-0.4, -0.2) is 26.1 Å². The number of nitrogens with zero attached hydrogens (tertiary/aromatic N) is 3. The molecule has 19 heavy (non-hydrogen) atoms. The summed E-state index contributed by atoms with van der Waals surface area (Å²) in [6.07, 6.45) is 9.17. The van der Waals surface area contributed by atoms with Gasteiger partial charge in [0.05, 0.1) is 30.3 Å². The number of hydrogen-bond donors (Lipinski definition) is 2. The summed E-state index contributed by atoms with van der Waals surface area (Å²) in [6.45, 7) is 2.31. The first-order valence-electron chi connectivity index (χ1n) is 6.26. The molecule has 0 aliphatic heterocycles. The molecule has 0 fully saturated rings. The largest absolute Gasteiger partial charge is 0.350 e. The van der Waals surface area contributed by atoms with Gasteiger partial charge in [-0.05, 0) is 25.3 Å². The lowest BCUT2D eigenvalue weighted by molar-refractivity contribution is -0.121. The Hall–Kier alpha value is -2.24. The van der Waals surface area contributed by atoms with Crippen LogP contribution in [0.1, 0.15) is 29.8 Å². The third-order valence-corrected chi connectivity index (χ3v) is 2.73. The molecule has 0 aliphatic rings. The Morgan fingerprint density at radius 2 is 2.21 bits per heavy atom. The fraction of sp³-hybridized carbons (Fsp3) is 0.385. The lowest BCUT2D eigenvalue weighted by Crippen LogP contribution is -2.23. The van der Waals surface area contributed by atoms with Gasteiger partial charge in [0.15, 0.2) is 0 Å². The zero-order valence-corrected chi connectivity index (χ0v) is 10.9. The van der Waals surface area contributed by atoms with Gasteiger partial charge in [-0.3, -0.25) is 19.9 Å². The van der Waals surface area contributed by atoms with Crippen molar-refractivity contribution in [3.05, 3.63) is 41.7 Å². The second-order valence-corrected chi connectivity index (χ2v) is 4.39. The molecule has 0 saturated heterocycles. The Morgan fingerprint density at radius 1 is 1.32 bits per heavy atom. The van der Waals surface area contributed by atoms with Crippen LogP contribution in [-0.2, 0) is 17.8 Å². The maximum absolute atomic E-state index is 11.6. The van der Waals surface area contributed by atoms with Gasteiger partial charge in [-0.15, -0.1) is 0 Å². The number of H-pyrrole nitrogens is 1. The molecule has 0 atom stereocenters. The van der Waals surface area contributed by atoms with E-state index < -0.39 is 0 Å². The van der Waals surface area contributed by atoms with Crippen LogP contribution in [0.4, 0.5) is 0 Å². The van der Waals surface area contributed by atoms with E-state index in [1.54, 1.807) is 18.6 Å². The van der Waals surface area contributed by atoms with Crippen molar-refractivity contribution in [2.75, 3.05) is 0 Å². The van der Waals surface area contributed by atoms with Crippen LogP contribution in [0.2, 0.25) is 0 Å². The SMILES string of the molecule is Cc1cnc(CNC(=O)CCCc2cn[nH]c2)cn1. The number of carbonyl (C=O) groups excluding carboxylic acids is 1. The van der Waals surface area contributed by atoms with Gasteiger partial charge in [0.25, 0.3) is 0 Å². The summed E-state index contributed by atoms with van der Waals surface area (Å²) in [5, 5.41) is 9.45. The van der Waals surface area contributed by atoms with Crippen LogP contribution in [0.5, 0.6) is 0 Å². The highest BCUT2D eigenvalue weighted by Crippen LogP contribution is 2.02. The molecule has 6 heteroatoms. The highest BCUT2D eigenvalue weighted by Gasteiger charge is 2.03. The summed E-state index contributed by atoms with van der Waals surface area (Å²) in [5.74, 6) is 0.0332. The summed E-state index contributed by atoms with van der Waals surface area (Å²) < 4.78 is 0. The number of rotatable bonds is 6. The molecule has 2 aromatic rings. The highest BCUT2D eigenvalue weighted by atomic mass is 16.1. The van der Waals surface area contributed by atoms with Gasteiger partial charge in [0, 0.05) is 18.8 Å². The molecule has 2 N–H and O–H groups in total. The molecule has 0 spiro atoms. The average Bonchev–Trinajstić information content (AvgIpc) is 2.91. The van der Waals surface area contributed by atoms with Crippen molar-refractivity contribution in [3.63, 3.8) is 0 Å². The minimum absolute atomic E-state index is 0.0332. The minimum atomic E-state index is 0.0332. The van der Waals surface area contributed by atoms with Gasteiger partial charge in [-0.1, -0.05) is 0 Å². The lowest BCUT2D eigenvalue weighted by atomic mass is 10.1. The molecule has 2 heterocycles. The summed E-state index contributed by atoms with van der Waals surface area (Å²) in [7, 11) is 0. The molecule has 2 rings (SSSR count). The molecule has 6 nitrogen and oxygen atoms in total. The summed E-state index contributed by atoms with van der Waals surface area (Å²) >= 11 is 0. The normalized spacial score (nSPS) is 10.4. The van der Waals surface area contributed by atoms with E-state index >= 15 is 0 Å². The van der Waals surface area contributed by atoms with E-state index in [1.165, 1.54) is 0 Å². The van der Waals surface area contributed by atoms with Crippen molar-refractivity contribution in [2.45, 2.75) is 32.7 Å². The number of carbonyl (C=O) groups is 1. The van der Waals surface area contributed by atoms with E-state index in [9.17, 15) is 4.79 Å². The third-order valence-electron chi connectivity index (χ3n) is 2.73. The van der Waals surface area contributed by atoms with Gasteiger partial charge in [0.2, 0.25) is 5.91 Å². The zero-order valence-electron chi connectivity index (χ0n) is 10.9. The lowest BCUT2D eigenvalue weighted by Gasteiger charge is -2.04. The molecular formula is C13H17N5O. The fourth-order valence-electron chi connectivity index (χ4n) is 1.66. The van der Waals surface area contributed by atoms with E-state index in [0.717, 1.165) is 29.8 Å². The Labute approximate surface area is 111 Å². The molecule has 2 aromatic heterocycles. The van der Waals surface area contributed by atoms with Crippen LogP contribution in [0.25, 0.3) is 0 Å². The Kier molecular flexibility index (Phi) is 4.60. The summed E-state index contributed by atoms with van der Waals surface area (Å²) in [6, 6.07) is 0. The summed E-state index contributed by atoms with van der Waals surface area (Å²) in [4.78, 5) is 19.9. The molecule has 0 aromatic carbocycles. The van der Waals surface area contributed by atoms with Gasteiger partial charge in [0.1, 0.15) is 0 Å². The van der Waals surface area contributed by atoms with Crippen LogP contribution in [0.15, 0.2) is 24.8 Å². The molecule has 0 radical (unpaired) electrons. The number of amides is 1. The second kappa shape index (κ2) is 6.63. The molecule has 0 unspecified atom stereocenters. The molecule has 0 aliphatic carbocycles. The maximum atomic E-state index is 11.6. The molecule has 1 amide bonds. The molecule has 100 valence electrons. The van der Waals surface area contributed by atoms with Crippen molar-refractivity contribution in [3.8, 4) is 0 Å². The molecular weight excluding hydrogens is 242 g/mol. The quantitative estimate of drug-likeness (QED) is 0.815. The van der Waals surface area contributed by atoms with Crippen molar-refractivity contribution < 1.29 is 4.79 Å². The number of aromatic nitrogens is 4. The Balaban J connectivity index is 1.65. The van der Waals surface area contributed by atoms with Gasteiger partial charge >= 0.3 is 0 Å². The number of aryl methyl sites for hydroxylation is 2. The van der Waals surface area contributed by atoms with Gasteiger partial charge in [-0.2, -0.15) is 5.10 Å². The first-order chi connectivity index (χ1) is 9.24. The fourth-order valence-corrected chi connectivity index (χ4v) is 1.66. The monoisotopic (exact) mass is 259 g/mol. The van der Waals surface area contributed by atoms with Crippen molar-refractivity contribution in [2.24, 2.45) is 0 Å². The first-order valence-corrected chi connectivity index (χ1v) is 6.26. The van der Waals surface area contributed by atoms with Gasteiger partial charge < -0.3 is 5.32 Å². The maximum Gasteiger partial charge on any atom is 0.220 e. The standard InChI is InChI=1S/C13H17N5O/c1-10-5-15-12(8-14-10)9-16-13(19)4-2-3-11-6-17-18-7-11/h5-8H,2-4,9H2,1H3,(H,16,19)(H,17,18). The van der Waals surface area contributed by atoms with Crippen LogP contribution >= 0.6 is 0 Å². The van der Waals surface area contributed by atoms with E-state index in [4.69, 9.17) is 0 Å². The topological polar surface area (TPSA) is 83.6 Å². The third kappa shape index (κ3) is 4.50. The number of nitrogens with one attached hydrogen (secondary N) is 2. The van der Waals surface area contributed by atoms with E-state index in [0.29, 0.717) is 13.0 Å². The van der Waals surface area contributed by atoms with E-state index in [-0.39, 0.29) is 5.91 Å². The smallest absolute Gasteiger partial charge is 0.220 e. The summed E-state index contributed by atoms with van der Waals surface area (Å²) in [5.41, 5.74) is 2.76. The Bertz CT molecular complexity index is 506. The van der Waals surface area contributed by atoms with Gasteiger partial charge in [-0.25, -0.2) is 0 Å². The predicted octanol–water partition coefficient (Wildman–Crippen LogP) is 1.15. The first kappa shape index (κ1) is 13.2. The molecule has 0 saturated carbocycles. The van der Waals surface area contributed by atoms with E-state index in [2.05, 4.69) is 25.5 Å². The second-order valence-electron chi connectivity index (χ2n) is 4.39. The Morgan fingerprint density at radius 3 is 2.89 bits per heavy atom. The number of hydrogen-bond acceptors (Lipinski definition) is 4.